The molecule has 5 atom stereocenters. The summed E-state index contributed by atoms with van der Waals surface area (Å²) in [6, 6.07) is 0. The summed E-state index contributed by atoms with van der Waals surface area (Å²) >= 11 is 0. The predicted octanol–water partition coefficient (Wildman–Crippen LogP) is 4.53. The lowest BCUT2D eigenvalue weighted by Crippen LogP contribution is -2.85. The minimum atomic E-state index is -0.763. The molecule has 2 saturated carbocycles. The number of carbonyl (C=O) groups excluding carboxylic acids is 1. The van der Waals surface area contributed by atoms with E-state index < -0.39 is 5.87 Å². The van der Waals surface area contributed by atoms with Crippen LogP contribution in [0.4, 0.5) is 9.59 Å². The lowest BCUT2D eigenvalue weighted by molar-refractivity contribution is -0.369. The summed E-state index contributed by atoms with van der Waals surface area (Å²) in [5.41, 5.74) is 0.0309. The predicted molar refractivity (Wildman–Crippen MR) is 104 cm³/mol. The average molecular weight is 348 g/mol. The standard InChI is InChI=1S/C19H34B2O4/c1-9-11(3)25-15(24)21-12-13(20-14(22)23)19(10-2)17(6,7)16(4,5)18(12,19)8/h11-13,20-21H,9-10H2,1-8H3,(H,22,23). The molecule has 2 aliphatic rings. The maximum absolute atomic E-state index is 12.5. The van der Waals surface area contributed by atoms with Crippen LogP contribution in [0.5, 0.6) is 0 Å². The van der Waals surface area contributed by atoms with Gasteiger partial charge in [-0.1, -0.05) is 60.1 Å². The zero-order chi connectivity index (χ0) is 19.4. The van der Waals surface area contributed by atoms with E-state index in [-0.39, 0.29) is 52.5 Å². The quantitative estimate of drug-likeness (QED) is 0.687. The van der Waals surface area contributed by atoms with Gasteiger partial charge in [-0.2, -0.15) is 0 Å². The maximum Gasteiger partial charge on any atom is 0.263 e. The Morgan fingerprint density at radius 2 is 1.60 bits per heavy atom. The lowest BCUT2D eigenvalue weighted by atomic mass is 9.06. The van der Waals surface area contributed by atoms with Crippen molar-refractivity contribution in [3.05, 3.63) is 0 Å². The number of rotatable bonds is 7. The van der Waals surface area contributed by atoms with Crippen molar-refractivity contribution < 1.29 is 19.4 Å². The van der Waals surface area contributed by atoms with Crippen LogP contribution >= 0.6 is 0 Å². The normalized spacial score (nSPS) is 38.4. The van der Waals surface area contributed by atoms with Gasteiger partial charge in [-0.15, -0.1) is 0 Å². The van der Waals surface area contributed by atoms with Crippen LogP contribution in [0.2, 0.25) is 11.6 Å². The van der Waals surface area contributed by atoms with Crippen LogP contribution in [-0.4, -0.2) is 37.5 Å². The van der Waals surface area contributed by atoms with E-state index in [9.17, 15) is 14.7 Å². The largest absolute Gasteiger partial charge is 0.489 e. The fourth-order valence-corrected chi connectivity index (χ4v) is 7.10. The molecule has 0 aliphatic heterocycles. The van der Waals surface area contributed by atoms with Crippen LogP contribution in [-0.2, 0) is 4.74 Å². The molecule has 2 rings (SSSR count). The monoisotopic (exact) mass is 348 g/mol. The smallest absolute Gasteiger partial charge is 0.263 e. The SMILES string of the molecule is CCC(C)OC(=O)BC1C(BC(=O)O)C2(CC)C(C)(C)C(C)(C)C12C. The summed E-state index contributed by atoms with van der Waals surface area (Å²) in [5.74, 6) is -0.836. The Morgan fingerprint density at radius 1 is 1.04 bits per heavy atom. The molecule has 0 aromatic carbocycles. The Morgan fingerprint density at radius 3 is 2.04 bits per heavy atom. The molecule has 0 radical (unpaired) electrons. The number of fused-ring (bicyclic) bond motifs is 1. The van der Waals surface area contributed by atoms with Crippen LogP contribution < -0.4 is 0 Å². The number of carbonyl (C=O) groups is 2. The molecule has 1 N–H and O–H groups in total. The first-order valence-electron chi connectivity index (χ1n) is 9.76. The van der Waals surface area contributed by atoms with Gasteiger partial charge in [0.05, 0.1) is 6.10 Å². The zero-order valence-corrected chi connectivity index (χ0v) is 17.2. The van der Waals surface area contributed by atoms with E-state index in [0.717, 1.165) is 12.8 Å². The molecule has 0 aromatic heterocycles. The van der Waals surface area contributed by atoms with E-state index in [4.69, 9.17) is 4.74 Å². The Balaban J connectivity index is 2.35. The molecule has 2 aliphatic carbocycles. The van der Waals surface area contributed by atoms with Gasteiger partial charge in [-0.25, -0.2) is 0 Å². The van der Waals surface area contributed by atoms with Gasteiger partial charge < -0.3 is 9.84 Å². The molecule has 0 bridgehead atoms. The Bertz CT molecular complexity index is 574. The average Bonchev–Trinajstić information content (AvgIpc) is 2.50. The van der Waals surface area contributed by atoms with Gasteiger partial charge in [0, 0.05) is 0 Å². The van der Waals surface area contributed by atoms with Gasteiger partial charge in [-0.3, -0.25) is 9.59 Å². The van der Waals surface area contributed by atoms with E-state index in [1.165, 1.54) is 0 Å². The van der Waals surface area contributed by atoms with E-state index in [0.29, 0.717) is 7.28 Å². The first-order valence-corrected chi connectivity index (χ1v) is 9.76. The molecule has 2 fully saturated rings. The molecule has 0 saturated heterocycles. The van der Waals surface area contributed by atoms with Crippen molar-refractivity contribution in [3.8, 4) is 0 Å². The van der Waals surface area contributed by atoms with E-state index in [2.05, 4.69) is 41.5 Å². The second kappa shape index (κ2) is 6.06. The maximum atomic E-state index is 12.5. The van der Waals surface area contributed by atoms with Gasteiger partial charge in [0.1, 0.15) is 0 Å². The van der Waals surface area contributed by atoms with Crippen LogP contribution in [0.25, 0.3) is 0 Å². The molecular formula is C19H34B2O4. The molecular weight excluding hydrogens is 314 g/mol. The van der Waals surface area contributed by atoms with Crippen molar-refractivity contribution in [1.29, 1.82) is 0 Å². The van der Waals surface area contributed by atoms with Crippen molar-refractivity contribution in [2.24, 2.45) is 21.7 Å². The van der Waals surface area contributed by atoms with Crippen molar-refractivity contribution >= 4 is 26.3 Å². The van der Waals surface area contributed by atoms with Gasteiger partial charge in [0.25, 0.3) is 14.6 Å². The van der Waals surface area contributed by atoms with Gasteiger partial charge in [0.15, 0.2) is 0 Å². The highest BCUT2D eigenvalue weighted by atomic mass is 16.5. The fraction of sp³-hybridized carbons (Fsp3) is 0.895. The Labute approximate surface area is 154 Å². The number of ether oxygens (including phenoxy) is 1. The third kappa shape index (κ3) is 2.21. The number of carboxylic acid groups (broad SMARTS) is 1. The minimum absolute atomic E-state index is 0.0246. The topological polar surface area (TPSA) is 63.6 Å². The highest BCUT2D eigenvalue weighted by Gasteiger charge is 2.87. The highest BCUT2D eigenvalue weighted by molar-refractivity contribution is 6.78. The molecule has 25 heavy (non-hydrogen) atoms. The zero-order valence-electron chi connectivity index (χ0n) is 17.2. The molecule has 0 aromatic rings. The summed E-state index contributed by atoms with van der Waals surface area (Å²) in [6.07, 6.45) is 1.67. The molecule has 5 unspecified atom stereocenters. The van der Waals surface area contributed by atoms with Crippen LogP contribution in [0.1, 0.15) is 68.2 Å². The second-order valence-electron chi connectivity index (χ2n) is 9.50. The highest BCUT2D eigenvalue weighted by Crippen LogP contribution is 2.94. The third-order valence-corrected chi connectivity index (χ3v) is 9.01. The summed E-state index contributed by atoms with van der Waals surface area (Å²) in [5, 5.41) is 9.49. The van der Waals surface area contributed by atoms with Crippen molar-refractivity contribution in [2.45, 2.75) is 86.0 Å². The molecule has 4 nitrogen and oxygen atoms in total. The van der Waals surface area contributed by atoms with Crippen molar-refractivity contribution in [2.75, 3.05) is 0 Å². The molecule has 0 spiro atoms. The van der Waals surface area contributed by atoms with Gasteiger partial charge in [0.2, 0.25) is 11.7 Å². The Hall–Kier alpha value is -0.930. The molecule has 6 heteroatoms. The minimum Gasteiger partial charge on any atom is -0.489 e. The summed E-state index contributed by atoms with van der Waals surface area (Å²) < 4.78 is 5.51. The number of hydrogen-bond donors (Lipinski definition) is 1. The van der Waals surface area contributed by atoms with Crippen molar-refractivity contribution in [3.63, 3.8) is 0 Å². The summed E-state index contributed by atoms with van der Waals surface area (Å²) in [6.45, 7) is 17.5. The van der Waals surface area contributed by atoms with E-state index in [1.54, 1.807) is 0 Å². The van der Waals surface area contributed by atoms with Crippen LogP contribution in [0.3, 0.4) is 0 Å². The van der Waals surface area contributed by atoms with E-state index in [1.807, 2.05) is 13.8 Å². The summed E-state index contributed by atoms with van der Waals surface area (Å²) in [7, 11) is 0.476. The lowest BCUT2D eigenvalue weighted by Gasteiger charge is -2.91. The first-order chi connectivity index (χ1) is 11.3. The van der Waals surface area contributed by atoms with E-state index >= 15 is 0 Å². The van der Waals surface area contributed by atoms with Crippen LogP contribution in [0.15, 0.2) is 0 Å². The molecule has 0 amide bonds. The molecule has 0 heterocycles. The molecule has 140 valence electrons. The third-order valence-electron chi connectivity index (χ3n) is 9.01. The summed E-state index contributed by atoms with van der Waals surface area (Å²) in [4.78, 5) is 24.0. The van der Waals surface area contributed by atoms with Crippen LogP contribution in [0, 0.1) is 21.7 Å². The van der Waals surface area contributed by atoms with Crippen molar-refractivity contribution in [1.82, 2.24) is 0 Å². The fourth-order valence-electron chi connectivity index (χ4n) is 7.10. The first kappa shape index (κ1) is 20.4. The Kier molecular flexibility index (Phi) is 4.94. The van der Waals surface area contributed by atoms with Gasteiger partial charge in [-0.05, 0) is 41.4 Å². The second-order valence-corrected chi connectivity index (χ2v) is 9.50. The van der Waals surface area contributed by atoms with Gasteiger partial charge >= 0.3 is 0 Å². The number of hydrogen-bond acceptors (Lipinski definition) is 3.